The lowest BCUT2D eigenvalue weighted by molar-refractivity contribution is -0.117. The maximum absolute atomic E-state index is 12.0. The van der Waals surface area contributed by atoms with Gasteiger partial charge in [0.15, 0.2) is 0 Å². The van der Waals surface area contributed by atoms with E-state index in [0.717, 1.165) is 11.5 Å². The lowest BCUT2D eigenvalue weighted by atomic mass is 10.3. The summed E-state index contributed by atoms with van der Waals surface area (Å²) in [5, 5.41) is 3.71. The second-order valence-corrected chi connectivity index (χ2v) is 5.70. The molecule has 2 aromatic rings. The zero-order chi connectivity index (χ0) is 15.4. The van der Waals surface area contributed by atoms with E-state index < -0.39 is 0 Å². The van der Waals surface area contributed by atoms with Crippen molar-refractivity contribution in [1.82, 2.24) is 4.90 Å². The normalized spacial score (nSPS) is 10.9. The Morgan fingerprint density at radius 2 is 2.05 bits per heavy atom. The van der Waals surface area contributed by atoms with Crippen LogP contribution in [0.1, 0.15) is 11.5 Å². The zero-order valence-electron chi connectivity index (χ0n) is 11.8. The molecule has 0 aliphatic heterocycles. The van der Waals surface area contributed by atoms with Gasteiger partial charge in [-0.15, -0.1) is 0 Å². The van der Waals surface area contributed by atoms with Gasteiger partial charge in [0.1, 0.15) is 11.5 Å². The molecule has 1 aromatic heterocycles. The zero-order valence-corrected chi connectivity index (χ0v) is 13.3. The predicted octanol–water partition coefficient (Wildman–Crippen LogP) is 3.97. The minimum atomic E-state index is -0.148. The Balaban J connectivity index is 1.89. The van der Waals surface area contributed by atoms with Gasteiger partial charge >= 0.3 is 0 Å². The topological polar surface area (TPSA) is 45.5 Å². The van der Waals surface area contributed by atoms with Gasteiger partial charge in [-0.3, -0.25) is 9.69 Å². The molecule has 0 aliphatic carbocycles. The van der Waals surface area contributed by atoms with Gasteiger partial charge in [0, 0.05) is 5.02 Å². The van der Waals surface area contributed by atoms with Crippen molar-refractivity contribution in [3.63, 3.8) is 0 Å². The molecule has 1 heterocycles. The van der Waals surface area contributed by atoms with E-state index in [4.69, 9.17) is 27.6 Å². The quantitative estimate of drug-likeness (QED) is 0.904. The fourth-order valence-corrected chi connectivity index (χ4v) is 2.37. The molecule has 2 rings (SSSR count). The van der Waals surface area contributed by atoms with Gasteiger partial charge in [-0.25, -0.2) is 0 Å². The average molecular weight is 327 g/mol. The van der Waals surface area contributed by atoms with Crippen molar-refractivity contribution in [3.8, 4) is 0 Å². The molecule has 0 spiro atoms. The molecule has 112 valence electrons. The average Bonchev–Trinajstić information content (AvgIpc) is 2.78. The number of nitrogens with zero attached hydrogens (tertiary/aromatic N) is 1. The lowest BCUT2D eigenvalue weighted by Crippen LogP contribution is -2.29. The van der Waals surface area contributed by atoms with Crippen LogP contribution in [-0.2, 0) is 11.3 Å². The Morgan fingerprint density at radius 1 is 1.29 bits per heavy atom. The number of carbonyl (C=O) groups is 1. The van der Waals surface area contributed by atoms with Crippen LogP contribution in [-0.4, -0.2) is 24.4 Å². The first kappa shape index (κ1) is 15.9. The van der Waals surface area contributed by atoms with Crippen molar-refractivity contribution in [2.24, 2.45) is 0 Å². The Morgan fingerprint density at radius 3 is 2.67 bits per heavy atom. The van der Waals surface area contributed by atoms with Gasteiger partial charge in [0.05, 0.1) is 23.8 Å². The first-order valence-corrected chi connectivity index (χ1v) is 7.18. The van der Waals surface area contributed by atoms with Gasteiger partial charge in [-0.2, -0.15) is 0 Å². The van der Waals surface area contributed by atoms with E-state index in [1.807, 2.05) is 31.0 Å². The number of hydrogen-bond acceptors (Lipinski definition) is 3. The molecule has 0 saturated carbocycles. The monoisotopic (exact) mass is 326 g/mol. The van der Waals surface area contributed by atoms with E-state index in [1.54, 1.807) is 18.2 Å². The van der Waals surface area contributed by atoms with E-state index in [-0.39, 0.29) is 12.5 Å². The van der Waals surface area contributed by atoms with E-state index in [1.165, 1.54) is 0 Å². The number of benzene rings is 1. The summed E-state index contributed by atoms with van der Waals surface area (Å²) in [6.07, 6.45) is 0. The van der Waals surface area contributed by atoms with Crippen molar-refractivity contribution in [2.45, 2.75) is 13.5 Å². The fraction of sp³-hybridized carbons (Fsp3) is 0.267. The van der Waals surface area contributed by atoms with Gasteiger partial charge in [-0.05, 0) is 44.3 Å². The van der Waals surface area contributed by atoms with Crippen LogP contribution in [0.3, 0.4) is 0 Å². The van der Waals surface area contributed by atoms with E-state index in [9.17, 15) is 4.79 Å². The van der Waals surface area contributed by atoms with Crippen molar-refractivity contribution in [2.75, 3.05) is 18.9 Å². The van der Waals surface area contributed by atoms with Crippen LogP contribution in [0.25, 0.3) is 0 Å². The van der Waals surface area contributed by atoms with Gasteiger partial charge in [-0.1, -0.05) is 23.2 Å². The summed E-state index contributed by atoms with van der Waals surface area (Å²) in [5.41, 5.74) is 0.549. The second kappa shape index (κ2) is 6.98. The van der Waals surface area contributed by atoms with Crippen molar-refractivity contribution in [1.29, 1.82) is 0 Å². The molecule has 0 fully saturated rings. The first-order valence-electron chi connectivity index (χ1n) is 6.43. The lowest BCUT2D eigenvalue weighted by Gasteiger charge is -2.15. The molecule has 1 aromatic carbocycles. The molecule has 0 aliphatic rings. The van der Waals surface area contributed by atoms with Gasteiger partial charge in [0.2, 0.25) is 5.91 Å². The number of nitrogens with one attached hydrogen (secondary N) is 1. The standard InChI is InChI=1S/C15H16Cl2N2O2/c1-10-3-5-12(21-10)8-19(2)9-15(20)18-14-6-4-11(16)7-13(14)17/h3-7H,8-9H2,1-2H3,(H,18,20). The summed E-state index contributed by atoms with van der Waals surface area (Å²) in [7, 11) is 1.85. The number of hydrogen-bond donors (Lipinski definition) is 1. The molecular weight excluding hydrogens is 311 g/mol. The Bertz CT molecular complexity index is 640. The SMILES string of the molecule is Cc1ccc(CN(C)CC(=O)Nc2ccc(Cl)cc2Cl)o1. The summed E-state index contributed by atoms with van der Waals surface area (Å²) in [5.74, 6) is 1.54. The number of amides is 1. The molecule has 0 bridgehead atoms. The van der Waals surface area contributed by atoms with E-state index in [0.29, 0.717) is 22.3 Å². The molecular formula is C15H16Cl2N2O2. The number of furan rings is 1. The maximum atomic E-state index is 12.0. The number of halogens is 2. The molecule has 0 radical (unpaired) electrons. The van der Waals surface area contributed by atoms with Crippen LogP contribution in [0.15, 0.2) is 34.7 Å². The first-order chi connectivity index (χ1) is 9.94. The molecule has 21 heavy (non-hydrogen) atoms. The Kier molecular flexibility index (Phi) is 5.28. The molecule has 0 atom stereocenters. The minimum absolute atomic E-state index is 0.148. The number of aryl methyl sites for hydroxylation is 1. The number of anilines is 1. The Hall–Kier alpha value is -1.49. The summed E-state index contributed by atoms with van der Waals surface area (Å²) in [6, 6.07) is 8.75. The maximum Gasteiger partial charge on any atom is 0.238 e. The number of rotatable bonds is 5. The molecule has 0 unspecified atom stereocenters. The molecule has 4 nitrogen and oxygen atoms in total. The third-order valence-corrected chi connectivity index (χ3v) is 3.39. The summed E-state index contributed by atoms with van der Waals surface area (Å²) in [6.45, 7) is 2.69. The Labute approximate surface area is 133 Å². The third-order valence-electron chi connectivity index (χ3n) is 2.84. The smallest absolute Gasteiger partial charge is 0.238 e. The van der Waals surface area contributed by atoms with Gasteiger partial charge in [0.25, 0.3) is 0 Å². The van der Waals surface area contributed by atoms with Crippen molar-refractivity contribution < 1.29 is 9.21 Å². The molecule has 1 N–H and O–H groups in total. The van der Waals surface area contributed by atoms with Crippen LogP contribution in [0.5, 0.6) is 0 Å². The molecule has 6 heteroatoms. The summed E-state index contributed by atoms with van der Waals surface area (Å²) in [4.78, 5) is 13.8. The second-order valence-electron chi connectivity index (χ2n) is 4.86. The van der Waals surface area contributed by atoms with Crippen LogP contribution in [0.2, 0.25) is 10.0 Å². The van der Waals surface area contributed by atoms with Gasteiger partial charge < -0.3 is 9.73 Å². The summed E-state index contributed by atoms with van der Waals surface area (Å²) < 4.78 is 5.48. The van der Waals surface area contributed by atoms with Crippen LogP contribution >= 0.6 is 23.2 Å². The molecule has 1 amide bonds. The molecule has 0 saturated heterocycles. The van der Waals surface area contributed by atoms with Crippen molar-refractivity contribution in [3.05, 3.63) is 51.9 Å². The van der Waals surface area contributed by atoms with E-state index in [2.05, 4.69) is 5.32 Å². The van der Waals surface area contributed by atoms with Crippen molar-refractivity contribution >= 4 is 34.8 Å². The number of carbonyl (C=O) groups excluding carboxylic acids is 1. The largest absolute Gasteiger partial charge is 0.465 e. The third kappa shape index (κ3) is 4.77. The minimum Gasteiger partial charge on any atom is -0.465 e. The predicted molar refractivity (Wildman–Crippen MR) is 84.9 cm³/mol. The highest BCUT2D eigenvalue weighted by Crippen LogP contribution is 2.25. The fourth-order valence-electron chi connectivity index (χ4n) is 1.92. The van der Waals surface area contributed by atoms with Crippen LogP contribution < -0.4 is 5.32 Å². The highest BCUT2D eigenvalue weighted by atomic mass is 35.5. The number of likely N-dealkylation sites (N-methyl/N-ethyl adjacent to an activating group) is 1. The van der Waals surface area contributed by atoms with Crippen LogP contribution in [0, 0.1) is 6.92 Å². The van der Waals surface area contributed by atoms with E-state index >= 15 is 0 Å². The highest BCUT2D eigenvalue weighted by molar-refractivity contribution is 6.36. The summed E-state index contributed by atoms with van der Waals surface area (Å²) >= 11 is 11.8. The van der Waals surface area contributed by atoms with Crippen LogP contribution in [0.4, 0.5) is 5.69 Å². The highest BCUT2D eigenvalue weighted by Gasteiger charge is 2.11.